The van der Waals surface area contributed by atoms with Crippen molar-refractivity contribution in [3.05, 3.63) is 0 Å². The summed E-state index contributed by atoms with van der Waals surface area (Å²) in [5.41, 5.74) is 0.620. The highest BCUT2D eigenvalue weighted by atomic mass is 16.5. The van der Waals surface area contributed by atoms with Gasteiger partial charge in [-0.2, -0.15) is 0 Å². The lowest BCUT2D eigenvalue weighted by molar-refractivity contribution is -0.0599. The van der Waals surface area contributed by atoms with Crippen molar-refractivity contribution in [2.75, 3.05) is 6.61 Å². The number of hydrogen-bond acceptors (Lipinski definition) is 1. The van der Waals surface area contributed by atoms with Gasteiger partial charge in [-0.05, 0) is 29.6 Å². The first-order valence-electron chi connectivity index (χ1n) is 7.19. The normalized spacial score (nSPS) is 16.9. The van der Waals surface area contributed by atoms with E-state index < -0.39 is 0 Å². The molecule has 0 heterocycles. The lowest BCUT2D eigenvalue weighted by Crippen LogP contribution is -2.37. The van der Waals surface area contributed by atoms with E-state index in [1.807, 2.05) is 0 Å². The van der Waals surface area contributed by atoms with Crippen LogP contribution in [0.1, 0.15) is 74.7 Å². The first-order valence-corrected chi connectivity index (χ1v) is 7.19. The molecule has 0 aromatic carbocycles. The molecule has 0 rings (SSSR count). The van der Waals surface area contributed by atoms with E-state index in [2.05, 4.69) is 55.4 Å². The zero-order valence-electron chi connectivity index (χ0n) is 13.4. The molecule has 0 N–H and O–H groups in total. The third-order valence-corrected chi connectivity index (χ3v) is 3.10. The smallest absolute Gasteiger partial charge is 0.0649 e. The summed E-state index contributed by atoms with van der Waals surface area (Å²) in [6.07, 6.45) is 3.98. The van der Waals surface area contributed by atoms with Gasteiger partial charge in [-0.1, -0.05) is 61.8 Å². The third-order valence-electron chi connectivity index (χ3n) is 3.10. The van der Waals surface area contributed by atoms with Gasteiger partial charge in [0.1, 0.15) is 0 Å². The number of unbranched alkanes of at least 4 members (excludes halogenated alkanes) is 1. The molecule has 0 amide bonds. The van der Waals surface area contributed by atoms with Crippen molar-refractivity contribution < 1.29 is 4.74 Å². The molecule has 0 spiro atoms. The first kappa shape index (κ1) is 17.0. The molecule has 0 aromatic heterocycles. The van der Waals surface area contributed by atoms with Crippen LogP contribution in [-0.4, -0.2) is 12.7 Å². The van der Waals surface area contributed by atoms with Crippen LogP contribution in [0.15, 0.2) is 0 Å². The summed E-state index contributed by atoms with van der Waals surface area (Å²) < 4.78 is 6.15. The van der Waals surface area contributed by atoms with Crippen LogP contribution in [0.5, 0.6) is 0 Å². The predicted molar refractivity (Wildman–Crippen MR) is 77.3 cm³/mol. The Bertz CT molecular complexity index is 195. The van der Waals surface area contributed by atoms with Crippen molar-refractivity contribution in [1.29, 1.82) is 0 Å². The van der Waals surface area contributed by atoms with E-state index in [9.17, 15) is 0 Å². The maximum absolute atomic E-state index is 6.15. The summed E-state index contributed by atoms with van der Waals surface area (Å²) in [4.78, 5) is 0. The van der Waals surface area contributed by atoms with Gasteiger partial charge in [-0.25, -0.2) is 0 Å². The monoisotopic (exact) mass is 242 g/mol. The lowest BCUT2D eigenvalue weighted by atomic mass is 9.75. The Kier molecular flexibility index (Phi) is 6.76. The molecular formula is C16H34O. The van der Waals surface area contributed by atoms with E-state index in [1.54, 1.807) is 0 Å². The molecule has 0 fully saturated rings. The SMILES string of the molecule is CCCCOC(C(C)CC(C)(C)C)C(C)(C)C. The molecule has 0 aliphatic rings. The van der Waals surface area contributed by atoms with Gasteiger partial charge in [0, 0.05) is 6.61 Å². The lowest BCUT2D eigenvalue weighted by Gasteiger charge is -2.38. The van der Waals surface area contributed by atoms with E-state index in [4.69, 9.17) is 4.74 Å². The van der Waals surface area contributed by atoms with Crippen LogP contribution in [0.25, 0.3) is 0 Å². The highest BCUT2D eigenvalue weighted by Crippen LogP contribution is 2.35. The third kappa shape index (κ3) is 7.81. The molecule has 0 radical (unpaired) electrons. The van der Waals surface area contributed by atoms with Crippen LogP contribution in [0.4, 0.5) is 0 Å². The van der Waals surface area contributed by atoms with Crippen LogP contribution in [0.2, 0.25) is 0 Å². The minimum Gasteiger partial charge on any atom is -0.377 e. The van der Waals surface area contributed by atoms with Gasteiger partial charge in [0.2, 0.25) is 0 Å². The molecule has 0 bridgehead atoms. The van der Waals surface area contributed by atoms with Gasteiger partial charge in [-0.3, -0.25) is 0 Å². The Morgan fingerprint density at radius 1 is 1.00 bits per heavy atom. The summed E-state index contributed by atoms with van der Waals surface area (Å²) in [5, 5.41) is 0. The van der Waals surface area contributed by atoms with E-state index in [-0.39, 0.29) is 5.41 Å². The van der Waals surface area contributed by atoms with Crippen molar-refractivity contribution in [1.82, 2.24) is 0 Å². The Morgan fingerprint density at radius 3 is 1.88 bits per heavy atom. The van der Waals surface area contributed by atoms with Gasteiger partial charge < -0.3 is 4.74 Å². The zero-order valence-corrected chi connectivity index (χ0v) is 13.4. The number of hydrogen-bond donors (Lipinski definition) is 0. The molecular weight excluding hydrogens is 208 g/mol. The van der Waals surface area contributed by atoms with Crippen molar-refractivity contribution in [3.63, 3.8) is 0 Å². The molecule has 0 aliphatic carbocycles. The molecule has 2 atom stereocenters. The van der Waals surface area contributed by atoms with Crippen molar-refractivity contribution in [2.45, 2.75) is 80.8 Å². The van der Waals surface area contributed by atoms with Crippen LogP contribution in [0, 0.1) is 16.7 Å². The standard InChI is InChI=1S/C16H34O/c1-9-10-11-17-14(16(6,7)8)13(2)12-15(3,4)5/h13-14H,9-12H2,1-8H3. The first-order chi connectivity index (χ1) is 7.58. The molecule has 17 heavy (non-hydrogen) atoms. The van der Waals surface area contributed by atoms with Crippen LogP contribution >= 0.6 is 0 Å². The van der Waals surface area contributed by atoms with Crippen molar-refractivity contribution >= 4 is 0 Å². The zero-order chi connectivity index (χ0) is 13.7. The molecule has 0 aliphatic heterocycles. The second-order valence-corrected chi connectivity index (χ2v) is 7.75. The van der Waals surface area contributed by atoms with Crippen LogP contribution < -0.4 is 0 Å². The molecule has 0 aromatic rings. The Hall–Kier alpha value is -0.0400. The maximum Gasteiger partial charge on any atom is 0.0649 e. The van der Waals surface area contributed by atoms with Crippen molar-refractivity contribution in [2.24, 2.45) is 16.7 Å². The van der Waals surface area contributed by atoms with Gasteiger partial charge in [0.25, 0.3) is 0 Å². The summed E-state index contributed by atoms with van der Waals surface area (Å²) in [7, 11) is 0. The molecule has 0 saturated heterocycles. The van der Waals surface area contributed by atoms with Gasteiger partial charge >= 0.3 is 0 Å². The minimum atomic E-state index is 0.235. The highest BCUT2D eigenvalue weighted by Gasteiger charge is 2.32. The van der Waals surface area contributed by atoms with Crippen LogP contribution in [0.3, 0.4) is 0 Å². The van der Waals surface area contributed by atoms with Crippen LogP contribution in [-0.2, 0) is 4.74 Å². The quantitative estimate of drug-likeness (QED) is 0.575. The van der Waals surface area contributed by atoms with E-state index >= 15 is 0 Å². The average molecular weight is 242 g/mol. The summed E-state index contributed by atoms with van der Waals surface area (Å²) >= 11 is 0. The summed E-state index contributed by atoms with van der Waals surface area (Å²) in [6.45, 7) is 19.3. The molecule has 104 valence electrons. The largest absolute Gasteiger partial charge is 0.377 e. The molecule has 1 heteroatoms. The second-order valence-electron chi connectivity index (χ2n) is 7.75. The summed E-state index contributed by atoms with van der Waals surface area (Å²) in [6, 6.07) is 0. The van der Waals surface area contributed by atoms with Gasteiger partial charge in [0.05, 0.1) is 6.10 Å². The Labute approximate surface area is 109 Å². The Balaban J connectivity index is 4.47. The fraction of sp³-hybridized carbons (Fsp3) is 1.00. The highest BCUT2D eigenvalue weighted by molar-refractivity contribution is 4.82. The average Bonchev–Trinajstić information content (AvgIpc) is 2.06. The Morgan fingerprint density at radius 2 is 1.53 bits per heavy atom. The van der Waals surface area contributed by atoms with Gasteiger partial charge in [-0.15, -0.1) is 0 Å². The summed E-state index contributed by atoms with van der Waals surface area (Å²) in [5.74, 6) is 0.617. The maximum atomic E-state index is 6.15. The number of rotatable bonds is 6. The van der Waals surface area contributed by atoms with Gasteiger partial charge in [0.15, 0.2) is 0 Å². The molecule has 2 unspecified atom stereocenters. The number of ether oxygens (including phenoxy) is 1. The fourth-order valence-corrected chi connectivity index (χ4v) is 2.70. The predicted octanol–water partition coefficient (Wildman–Crippen LogP) is 5.29. The van der Waals surface area contributed by atoms with E-state index in [1.165, 1.54) is 19.3 Å². The topological polar surface area (TPSA) is 9.23 Å². The van der Waals surface area contributed by atoms with Crippen molar-refractivity contribution in [3.8, 4) is 0 Å². The fourth-order valence-electron chi connectivity index (χ4n) is 2.70. The van der Waals surface area contributed by atoms with E-state index in [0.717, 1.165) is 6.61 Å². The van der Waals surface area contributed by atoms with E-state index in [0.29, 0.717) is 17.4 Å². The minimum absolute atomic E-state index is 0.235. The molecule has 0 saturated carbocycles. The second kappa shape index (κ2) is 6.78. The molecule has 1 nitrogen and oxygen atoms in total.